The van der Waals surface area contributed by atoms with Gasteiger partial charge in [0.25, 0.3) is 5.89 Å². The summed E-state index contributed by atoms with van der Waals surface area (Å²) in [7, 11) is 0. The van der Waals surface area contributed by atoms with Crippen LogP contribution in [-0.2, 0) is 17.9 Å². The third-order valence-electron chi connectivity index (χ3n) is 5.85. The number of aryl methyl sites for hydroxylation is 1. The minimum Gasteiger partial charge on any atom is -0.418 e. The van der Waals surface area contributed by atoms with E-state index in [-0.39, 0.29) is 5.91 Å². The summed E-state index contributed by atoms with van der Waals surface area (Å²) in [6.45, 7) is 10.5. The number of carbonyl (C=O) groups is 1. The van der Waals surface area contributed by atoms with Crippen LogP contribution in [0.25, 0.3) is 10.8 Å². The Morgan fingerprint density at radius 3 is 2.59 bits per heavy atom. The monoisotopic (exact) mass is 453 g/mol. The van der Waals surface area contributed by atoms with Crippen molar-refractivity contribution in [2.24, 2.45) is 0 Å². The van der Waals surface area contributed by atoms with E-state index in [1.807, 2.05) is 22.4 Å². The molecule has 1 aliphatic rings. The number of nitrogens with zero attached hydrogens (tertiary/aromatic N) is 5. The molecule has 1 fully saturated rings. The van der Waals surface area contributed by atoms with Crippen molar-refractivity contribution in [2.45, 2.75) is 33.4 Å². The lowest BCUT2D eigenvalue weighted by Crippen LogP contribution is -2.49. The Morgan fingerprint density at radius 1 is 1.09 bits per heavy atom. The summed E-state index contributed by atoms with van der Waals surface area (Å²) in [4.78, 5) is 20.5. The van der Waals surface area contributed by atoms with Crippen LogP contribution in [0.15, 0.2) is 46.2 Å². The van der Waals surface area contributed by atoms with Crippen molar-refractivity contribution in [1.29, 1.82) is 0 Å². The molecule has 1 aromatic carbocycles. The number of aromatic nitrogens is 2. The number of benzene rings is 1. The van der Waals surface area contributed by atoms with E-state index in [4.69, 9.17) is 4.42 Å². The van der Waals surface area contributed by atoms with Crippen molar-refractivity contribution in [2.75, 3.05) is 39.3 Å². The molecule has 0 unspecified atom stereocenters. The van der Waals surface area contributed by atoms with Gasteiger partial charge in [-0.2, -0.15) is 0 Å². The van der Waals surface area contributed by atoms with Gasteiger partial charge in [0.2, 0.25) is 11.8 Å². The number of thiophene rings is 1. The zero-order valence-electron chi connectivity index (χ0n) is 18.9. The van der Waals surface area contributed by atoms with E-state index in [0.29, 0.717) is 31.4 Å². The largest absolute Gasteiger partial charge is 0.418 e. The predicted octanol–water partition coefficient (Wildman–Crippen LogP) is 3.66. The van der Waals surface area contributed by atoms with Crippen molar-refractivity contribution in [3.63, 3.8) is 0 Å². The molecule has 0 saturated carbocycles. The van der Waals surface area contributed by atoms with E-state index in [2.05, 4.69) is 58.1 Å². The maximum atomic E-state index is 13.0. The number of rotatable bonds is 9. The molecule has 32 heavy (non-hydrogen) atoms. The van der Waals surface area contributed by atoms with Crippen LogP contribution in [0.5, 0.6) is 0 Å². The van der Waals surface area contributed by atoms with E-state index < -0.39 is 0 Å². The molecule has 4 rings (SSSR count). The highest BCUT2D eigenvalue weighted by Crippen LogP contribution is 2.23. The van der Waals surface area contributed by atoms with E-state index in [1.165, 1.54) is 11.1 Å². The summed E-state index contributed by atoms with van der Waals surface area (Å²) in [6, 6.07) is 12.5. The molecule has 0 radical (unpaired) electrons. The van der Waals surface area contributed by atoms with Crippen LogP contribution in [0.1, 0.15) is 30.4 Å². The highest BCUT2D eigenvalue weighted by Gasteiger charge is 2.23. The van der Waals surface area contributed by atoms with E-state index in [9.17, 15) is 4.79 Å². The first-order valence-electron chi connectivity index (χ1n) is 11.3. The lowest BCUT2D eigenvalue weighted by molar-refractivity contribution is -0.133. The maximum Gasteiger partial charge on any atom is 0.257 e. The number of hydrogen-bond acceptors (Lipinski definition) is 7. The molecule has 3 aromatic rings. The molecule has 0 N–H and O–H groups in total. The molecular formula is C24H31N5O2S. The van der Waals surface area contributed by atoms with Gasteiger partial charge in [-0.05, 0) is 35.9 Å². The molecule has 2 aromatic heterocycles. The highest BCUT2D eigenvalue weighted by atomic mass is 32.1. The molecule has 3 heterocycles. The average molecular weight is 454 g/mol. The second kappa shape index (κ2) is 10.8. The topological polar surface area (TPSA) is 65.7 Å². The minimum absolute atomic E-state index is 0.120. The molecule has 170 valence electrons. The van der Waals surface area contributed by atoms with Crippen molar-refractivity contribution in [1.82, 2.24) is 24.9 Å². The fourth-order valence-corrected chi connectivity index (χ4v) is 4.61. The fourth-order valence-electron chi connectivity index (χ4n) is 3.97. The molecule has 1 saturated heterocycles. The van der Waals surface area contributed by atoms with Crippen LogP contribution in [0.4, 0.5) is 0 Å². The average Bonchev–Trinajstić information content (AvgIpc) is 3.48. The van der Waals surface area contributed by atoms with Gasteiger partial charge in [-0.15, -0.1) is 21.5 Å². The first-order valence-corrected chi connectivity index (χ1v) is 12.1. The van der Waals surface area contributed by atoms with Crippen LogP contribution in [-0.4, -0.2) is 70.1 Å². The van der Waals surface area contributed by atoms with Gasteiger partial charge in [-0.3, -0.25) is 14.6 Å². The fraction of sp³-hybridized carbons (Fsp3) is 0.458. The minimum atomic E-state index is 0.120. The Kier molecular flexibility index (Phi) is 7.68. The van der Waals surface area contributed by atoms with Crippen LogP contribution in [0.2, 0.25) is 0 Å². The summed E-state index contributed by atoms with van der Waals surface area (Å²) in [5.74, 6) is 1.12. The van der Waals surface area contributed by atoms with E-state index >= 15 is 0 Å². The van der Waals surface area contributed by atoms with Gasteiger partial charge in [-0.25, -0.2) is 0 Å². The van der Waals surface area contributed by atoms with Gasteiger partial charge in [0, 0.05) is 39.3 Å². The highest BCUT2D eigenvalue weighted by molar-refractivity contribution is 7.13. The second-order valence-corrected chi connectivity index (χ2v) is 9.22. The van der Waals surface area contributed by atoms with Gasteiger partial charge < -0.3 is 9.32 Å². The SMILES string of the molecule is CCCN(Cc1nnc(-c2cccs2)o1)C(=O)CN1CCN(Cc2ccccc2C)CC1. The summed E-state index contributed by atoms with van der Waals surface area (Å²) in [5.41, 5.74) is 2.72. The van der Waals surface area contributed by atoms with Crippen molar-refractivity contribution >= 4 is 17.2 Å². The molecule has 7 nitrogen and oxygen atoms in total. The molecule has 8 heteroatoms. The predicted molar refractivity (Wildman–Crippen MR) is 126 cm³/mol. The van der Waals surface area contributed by atoms with E-state index in [1.54, 1.807) is 11.3 Å². The van der Waals surface area contributed by atoms with Crippen LogP contribution >= 0.6 is 11.3 Å². The Hall–Kier alpha value is -2.55. The Balaban J connectivity index is 1.28. The van der Waals surface area contributed by atoms with Crippen molar-refractivity contribution < 1.29 is 9.21 Å². The molecular weight excluding hydrogens is 422 g/mol. The van der Waals surface area contributed by atoms with Crippen molar-refractivity contribution in [3.05, 3.63) is 58.8 Å². The van der Waals surface area contributed by atoms with Crippen molar-refractivity contribution in [3.8, 4) is 10.8 Å². The smallest absolute Gasteiger partial charge is 0.257 e. The maximum absolute atomic E-state index is 13.0. The molecule has 0 atom stereocenters. The van der Waals surface area contributed by atoms with Gasteiger partial charge in [0.15, 0.2) is 0 Å². The van der Waals surface area contributed by atoms with Gasteiger partial charge >= 0.3 is 0 Å². The first-order chi connectivity index (χ1) is 15.6. The number of hydrogen-bond donors (Lipinski definition) is 0. The Labute approximate surface area is 193 Å². The zero-order valence-corrected chi connectivity index (χ0v) is 19.7. The molecule has 1 amide bonds. The lowest BCUT2D eigenvalue weighted by Gasteiger charge is -2.35. The third-order valence-corrected chi connectivity index (χ3v) is 6.71. The molecule has 0 aliphatic carbocycles. The number of piperazine rings is 1. The Morgan fingerprint density at radius 2 is 1.88 bits per heavy atom. The normalized spacial score (nSPS) is 15.2. The number of amides is 1. The molecule has 0 bridgehead atoms. The Bertz CT molecular complexity index is 996. The summed E-state index contributed by atoms with van der Waals surface area (Å²) in [5, 5.41) is 10.3. The quantitative estimate of drug-likeness (QED) is 0.493. The van der Waals surface area contributed by atoms with Gasteiger partial charge in [0.05, 0.1) is 18.0 Å². The third kappa shape index (κ3) is 5.82. The van der Waals surface area contributed by atoms with E-state index in [0.717, 1.165) is 44.0 Å². The summed E-state index contributed by atoms with van der Waals surface area (Å²) < 4.78 is 5.80. The second-order valence-electron chi connectivity index (χ2n) is 8.27. The van der Waals surface area contributed by atoms with Crippen LogP contribution in [0, 0.1) is 6.92 Å². The summed E-state index contributed by atoms with van der Waals surface area (Å²) >= 11 is 1.56. The summed E-state index contributed by atoms with van der Waals surface area (Å²) in [6.07, 6.45) is 0.891. The molecule has 0 spiro atoms. The number of carbonyl (C=O) groups excluding carboxylic acids is 1. The van der Waals surface area contributed by atoms with Gasteiger partial charge in [-0.1, -0.05) is 37.3 Å². The van der Waals surface area contributed by atoms with Crippen LogP contribution in [0.3, 0.4) is 0 Å². The lowest BCUT2D eigenvalue weighted by atomic mass is 10.1. The zero-order chi connectivity index (χ0) is 22.3. The first kappa shape index (κ1) is 22.6. The van der Waals surface area contributed by atoms with Gasteiger partial charge in [0.1, 0.15) is 0 Å². The molecule has 1 aliphatic heterocycles. The van der Waals surface area contributed by atoms with Crippen LogP contribution < -0.4 is 0 Å². The standard InChI is InChI=1S/C24H31N5O2S/c1-3-10-29(17-22-25-26-24(31-22)21-9-6-15-32-21)23(30)18-28-13-11-27(12-14-28)16-20-8-5-4-7-19(20)2/h4-9,15H,3,10-14,16-18H2,1-2H3.